The fourth-order valence-electron chi connectivity index (χ4n) is 5.55. The van der Waals surface area contributed by atoms with Crippen LogP contribution in [0, 0.1) is 0 Å². The minimum Gasteiger partial charge on any atom is -0.338 e. The highest BCUT2D eigenvalue weighted by molar-refractivity contribution is 5.75. The number of amides is 4. The first-order valence-electron chi connectivity index (χ1n) is 16.7. The van der Waals surface area contributed by atoms with Gasteiger partial charge in [0.15, 0.2) is 0 Å². The molecule has 0 spiro atoms. The Hall–Kier alpha value is -1.46. The molecule has 0 aromatic carbocycles. The Morgan fingerprint density at radius 1 is 0.500 bits per heavy atom. The average molecular weight is 537 g/mol. The molecule has 0 aliphatic heterocycles. The van der Waals surface area contributed by atoms with Gasteiger partial charge in [-0.2, -0.15) is 0 Å². The second kappa shape index (κ2) is 25.8. The van der Waals surface area contributed by atoms with Crippen LogP contribution in [-0.4, -0.2) is 37.2 Å². The average Bonchev–Trinajstić information content (AvgIpc) is 2.90. The Labute approximate surface area is 236 Å². The van der Waals surface area contributed by atoms with Crippen LogP contribution in [0.25, 0.3) is 0 Å². The molecular weight excluding hydrogens is 472 g/mol. The van der Waals surface area contributed by atoms with E-state index in [-0.39, 0.29) is 24.1 Å². The van der Waals surface area contributed by atoms with E-state index in [0.29, 0.717) is 0 Å². The van der Waals surface area contributed by atoms with Crippen LogP contribution >= 0.6 is 0 Å². The van der Waals surface area contributed by atoms with Crippen LogP contribution in [0.15, 0.2) is 0 Å². The maximum Gasteiger partial charge on any atom is 0.315 e. The number of rotatable bonds is 24. The lowest BCUT2D eigenvalue weighted by atomic mass is 9.91. The van der Waals surface area contributed by atoms with Crippen molar-refractivity contribution in [2.75, 3.05) is 13.1 Å². The van der Waals surface area contributed by atoms with Gasteiger partial charge in [0, 0.05) is 25.2 Å². The minimum atomic E-state index is -0.0583. The molecule has 0 saturated heterocycles. The molecule has 224 valence electrons. The van der Waals surface area contributed by atoms with Gasteiger partial charge in [0.1, 0.15) is 0 Å². The summed E-state index contributed by atoms with van der Waals surface area (Å²) >= 11 is 0. The van der Waals surface area contributed by atoms with Gasteiger partial charge < -0.3 is 21.3 Å². The van der Waals surface area contributed by atoms with Gasteiger partial charge in [-0.15, -0.1) is 0 Å². The van der Waals surface area contributed by atoms with Crippen molar-refractivity contribution < 1.29 is 9.59 Å². The number of carbonyl (C=O) groups is 2. The highest BCUT2D eigenvalue weighted by atomic mass is 16.2. The van der Waals surface area contributed by atoms with E-state index in [1.807, 2.05) is 0 Å². The van der Waals surface area contributed by atoms with Crippen LogP contribution in [0.3, 0.4) is 0 Å². The first-order chi connectivity index (χ1) is 18.7. The standard InChI is InChI=1S/C32H64N4O2/c1-3-5-7-9-11-13-15-17-19-21-26-33-31(37)35-29-24-23-25-30(28-29)36-32(38)34-27-22-20-18-16-14-12-10-8-6-4-2/h29-30H,3-28H2,1-2H3,(H2,33,35,37)(H2,34,36,38). The lowest BCUT2D eigenvalue weighted by Gasteiger charge is -2.30. The second-order valence-electron chi connectivity index (χ2n) is 11.7. The predicted molar refractivity (Wildman–Crippen MR) is 163 cm³/mol. The zero-order chi connectivity index (χ0) is 27.5. The lowest BCUT2D eigenvalue weighted by molar-refractivity contribution is 0.221. The Kier molecular flexibility index (Phi) is 23.5. The largest absolute Gasteiger partial charge is 0.338 e. The van der Waals surface area contributed by atoms with E-state index in [0.717, 1.165) is 51.6 Å². The SMILES string of the molecule is CCCCCCCCCCCCNC(=O)NC1CCCC(NC(=O)NCCCCCCCCCCCC)C1. The van der Waals surface area contributed by atoms with Crippen molar-refractivity contribution >= 4 is 12.1 Å². The molecule has 0 aromatic heterocycles. The smallest absolute Gasteiger partial charge is 0.315 e. The number of carbonyl (C=O) groups excluding carboxylic acids is 2. The zero-order valence-corrected chi connectivity index (χ0v) is 25.4. The molecule has 0 heterocycles. The van der Waals surface area contributed by atoms with Crippen LogP contribution in [0.5, 0.6) is 0 Å². The minimum absolute atomic E-state index is 0.0583. The maximum absolute atomic E-state index is 12.3. The summed E-state index contributed by atoms with van der Waals surface area (Å²) in [6.07, 6.45) is 29.9. The predicted octanol–water partition coefficient (Wildman–Crippen LogP) is 8.74. The van der Waals surface area contributed by atoms with E-state index in [1.54, 1.807) is 0 Å². The Morgan fingerprint density at radius 3 is 1.16 bits per heavy atom. The molecular formula is C32H64N4O2. The van der Waals surface area contributed by atoms with Gasteiger partial charge in [0.2, 0.25) is 0 Å². The zero-order valence-electron chi connectivity index (χ0n) is 25.4. The van der Waals surface area contributed by atoms with Crippen molar-refractivity contribution in [2.45, 2.75) is 180 Å². The van der Waals surface area contributed by atoms with Crippen LogP contribution in [0.1, 0.15) is 168 Å². The summed E-state index contributed by atoms with van der Waals surface area (Å²) in [7, 11) is 0. The molecule has 0 bridgehead atoms. The first-order valence-corrected chi connectivity index (χ1v) is 16.7. The molecule has 2 unspecified atom stereocenters. The van der Waals surface area contributed by atoms with E-state index in [9.17, 15) is 9.59 Å². The van der Waals surface area contributed by atoms with E-state index < -0.39 is 0 Å². The summed E-state index contributed by atoms with van der Waals surface area (Å²) in [5.41, 5.74) is 0. The highest BCUT2D eigenvalue weighted by Gasteiger charge is 2.24. The Bertz CT molecular complexity index is 512. The molecule has 2 atom stereocenters. The van der Waals surface area contributed by atoms with Crippen molar-refractivity contribution in [2.24, 2.45) is 0 Å². The molecule has 4 amide bonds. The second-order valence-corrected chi connectivity index (χ2v) is 11.7. The van der Waals surface area contributed by atoms with E-state index in [2.05, 4.69) is 35.1 Å². The van der Waals surface area contributed by atoms with Gasteiger partial charge in [-0.05, 0) is 38.5 Å². The quantitative estimate of drug-likeness (QED) is 0.0930. The van der Waals surface area contributed by atoms with Crippen LogP contribution in [0.2, 0.25) is 0 Å². The topological polar surface area (TPSA) is 82.3 Å². The molecule has 38 heavy (non-hydrogen) atoms. The normalized spacial score (nSPS) is 17.2. The Balaban J connectivity index is 1.97. The summed E-state index contributed by atoms with van der Waals surface area (Å²) in [6, 6.07) is 0.168. The van der Waals surface area contributed by atoms with Gasteiger partial charge in [-0.1, -0.05) is 129 Å². The third-order valence-electron chi connectivity index (χ3n) is 7.98. The van der Waals surface area contributed by atoms with Crippen molar-refractivity contribution in [3.05, 3.63) is 0 Å². The van der Waals surface area contributed by atoms with Crippen LogP contribution < -0.4 is 21.3 Å². The van der Waals surface area contributed by atoms with Crippen molar-refractivity contribution in [1.29, 1.82) is 0 Å². The molecule has 1 aliphatic rings. The molecule has 1 rings (SSSR count). The monoisotopic (exact) mass is 537 g/mol. The van der Waals surface area contributed by atoms with Crippen molar-refractivity contribution in [3.63, 3.8) is 0 Å². The van der Waals surface area contributed by atoms with E-state index in [1.165, 1.54) is 116 Å². The lowest BCUT2D eigenvalue weighted by Crippen LogP contribution is -2.50. The van der Waals surface area contributed by atoms with Gasteiger partial charge in [-0.3, -0.25) is 0 Å². The first kappa shape index (κ1) is 34.6. The summed E-state index contributed by atoms with van der Waals surface area (Å²) < 4.78 is 0. The number of nitrogens with one attached hydrogen (secondary N) is 4. The number of hydrogen-bond acceptors (Lipinski definition) is 2. The van der Waals surface area contributed by atoms with Gasteiger partial charge in [0.05, 0.1) is 0 Å². The number of urea groups is 2. The molecule has 0 aromatic rings. The van der Waals surface area contributed by atoms with Gasteiger partial charge in [-0.25, -0.2) is 9.59 Å². The maximum atomic E-state index is 12.3. The summed E-state index contributed by atoms with van der Waals surface area (Å²) in [5, 5.41) is 12.3. The third kappa shape index (κ3) is 21.5. The van der Waals surface area contributed by atoms with Crippen LogP contribution in [-0.2, 0) is 0 Å². The van der Waals surface area contributed by atoms with Gasteiger partial charge in [0.25, 0.3) is 0 Å². The highest BCUT2D eigenvalue weighted by Crippen LogP contribution is 2.18. The number of unbranched alkanes of at least 4 members (excludes halogenated alkanes) is 18. The molecule has 6 nitrogen and oxygen atoms in total. The molecule has 1 saturated carbocycles. The fraction of sp³-hybridized carbons (Fsp3) is 0.938. The van der Waals surface area contributed by atoms with E-state index in [4.69, 9.17) is 0 Å². The van der Waals surface area contributed by atoms with Crippen molar-refractivity contribution in [3.8, 4) is 0 Å². The molecule has 0 radical (unpaired) electrons. The molecule has 1 fully saturated rings. The van der Waals surface area contributed by atoms with Crippen LogP contribution in [0.4, 0.5) is 9.59 Å². The molecule has 6 heteroatoms. The van der Waals surface area contributed by atoms with Gasteiger partial charge >= 0.3 is 12.1 Å². The third-order valence-corrected chi connectivity index (χ3v) is 7.98. The summed E-state index contributed by atoms with van der Waals surface area (Å²) in [4.78, 5) is 24.6. The molecule has 1 aliphatic carbocycles. The summed E-state index contributed by atoms with van der Waals surface area (Å²) in [5.74, 6) is 0. The number of hydrogen-bond donors (Lipinski definition) is 4. The van der Waals surface area contributed by atoms with Crippen molar-refractivity contribution in [1.82, 2.24) is 21.3 Å². The Morgan fingerprint density at radius 2 is 0.816 bits per heavy atom. The summed E-state index contributed by atoms with van der Waals surface area (Å²) in [6.45, 7) is 6.02. The fourth-order valence-corrected chi connectivity index (χ4v) is 5.55. The molecule has 4 N–H and O–H groups in total. The van der Waals surface area contributed by atoms with E-state index >= 15 is 0 Å².